The zero-order chi connectivity index (χ0) is 26.9. The number of nitrogens with zero attached hydrogens (tertiary/aromatic N) is 3. The van der Waals surface area contributed by atoms with Crippen molar-refractivity contribution in [2.45, 2.75) is 7.43 Å². The summed E-state index contributed by atoms with van der Waals surface area (Å²) in [6.07, 6.45) is 0.756. The first kappa shape index (κ1) is 34.0. The van der Waals surface area contributed by atoms with E-state index in [1.54, 1.807) is 30.3 Å². The zero-order valence-electron chi connectivity index (χ0n) is 20.9. The van der Waals surface area contributed by atoms with Crippen LogP contribution >= 0.6 is 0 Å². The van der Waals surface area contributed by atoms with Gasteiger partial charge < -0.3 is 15.7 Å². The number of aromatic nitrogens is 3. The summed E-state index contributed by atoms with van der Waals surface area (Å²) in [5, 5.41) is 18.6. The molecule has 3 heterocycles. The van der Waals surface area contributed by atoms with E-state index in [-0.39, 0.29) is 41.4 Å². The molecule has 0 aliphatic heterocycles. The standard InChI is InChI=1S/2C10H7NO2.C10H7NO.CH4.Cu.H2O/c2*12-10(13)9-6-5-7-3-1-2-4-8(7)11-9;12-7-9-6-5-8-3-1-2-4-10(8)11-9;;;/h2*1-6H,(H,12,13);1-7H;1H4;;1H2/p+2. The van der Waals surface area contributed by atoms with Crippen molar-refractivity contribution >= 4 is 50.9 Å². The number of para-hydroxylation sites is 3. The number of carboxylic acid groups (broad SMARTS) is 1. The third kappa shape index (κ3) is 9.01. The van der Waals surface area contributed by atoms with Crippen LogP contribution in [0.4, 0.5) is 0 Å². The van der Waals surface area contributed by atoms with Crippen LogP contribution in [0.1, 0.15) is 38.9 Å². The minimum atomic E-state index is -0.995. The Hall–Kier alpha value is -5.02. The minimum absolute atomic E-state index is 0. The Morgan fingerprint density at radius 1 is 0.610 bits per heavy atom. The van der Waals surface area contributed by atoms with Gasteiger partial charge in [0.15, 0.2) is 6.29 Å². The molecule has 0 aliphatic rings. The van der Waals surface area contributed by atoms with Gasteiger partial charge in [-0.1, -0.05) is 80.2 Å². The Morgan fingerprint density at radius 2 is 1.00 bits per heavy atom. The first-order valence-corrected chi connectivity index (χ1v) is 11.5. The number of rotatable bonds is 3. The van der Waals surface area contributed by atoms with E-state index in [0.717, 1.165) is 33.5 Å². The molecule has 0 spiro atoms. The van der Waals surface area contributed by atoms with Crippen molar-refractivity contribution in [2.24, 2.45) is 0 Å². The smallest absolute Gasteiger partial charge is 0.560 e. The largest absolute Gasteiger partial charge is 0.567 e. The van der Waals surface area contributed by atoms with Gasteiger partial charge in [0, 0.05) is 38.0 Å². The maximum absolute atomic E-state index is 10.7. The molecule has 0 fully saturated rings. The van der Waals surface area contributed by atoms with Crippen molar-refractivity contribution in [3.63, 3.8) is 0 Å². The number of fused-ring (bicyclic) bond motifs is 3. The van der Waals surface area contributed by atoms with Gasteiger partial charge in [-0.3, -0.25) is 4.79 Å². The van der Waals surface area contributed by atoms with Crippen LogP contribution in [0.15, 0.2) is 109 Å². The average molecular weight is 603 g/mol. The third-order valence-electron chi connectivity index (χ3n) is 5.39. The molecule has 0 saturated carbocycles. The minimum Gasteiger partial charge on any atom is -0.560 e. The van der Waals surface area contributed by atoms with Crippen molar-refractivity contribution in [3.8, 4) is 0 Å². The molecular formula is C31H29CuN3O6+2. The fourth-order valence-electron chi connectivity index (χ4n) is 3.53. The van der Waals surface area contributed by atoms with Gasteiger partial charge in [0.25, 0.3) is 0 Å². The second-order valence-corrected chi connectivity index (χ2v) is 7.96. The SMILES string of the molecule is C.O=C(O)c1ccc2ccccc2n1.O=C([OH2+])c1ccc2ccccc2n1.O=Cc1ccc2ccccc2n1.[Cu].[OH3+]. The Balaban J connectivity index is 0.000000297. The van der Waals surface area contributed by atoms with E-state index in [1.165, 1.54) is 6.07 Å². The second kappa shape index (κ2) is 16.2. The number of aldehydes is 1. The van der Waals surface area contributed by atoms with Gasteiger partial charge >= 0.3 is 11.9 Å². The normalized spacial score (nSPS) is 9.37. The van der Waals surface area contributed by atoms with E-state index < -0.39 is 11.9 Å². The van der Waals surface area contributed by atoms with E-state index >= 15 is 0 Å². The van der Waals surface area contributed by atoms with Gasteiger partial charge in [0.1, 0.15) is 11.4 Å². The topological polar surface area (TPSA) is 166 Å². The van der Waals surface area contributed by atoms with Crippen LogP contribution in [0, 0.1) is 0 Å². The number of hydrogen-bond acceptors (Lipinski definition) is 6. The average Bonchev–Trinajstić information content (AvgIpc) is 2.97. The summed E-state index contributed by atoms with van der Waals surface area (Å²) >= 11 is 0. The molecule has 6 rings (SSSR count). The predicted octanol–water partition coefficient (Wildman–Crippen LogP) is 4.79. The Bertz CT molecular complexity index is 1690. The van der Waals surface area contributed by atoms with Crippen molar-refractivity contribution in [2.75, 3.05) is 0 Å². The molecule has 6 N–H and O–H groups in total. The number of aromatic carboxylic acids is 1. The van der Waals surface area contributed by atoms with Crippen molar-refractivity contribution in [3.05, 3.63) is 126 Å². The summed E-state index contributed by atoms with van der Waals surface area (Å²) in [5.41, 5.74) is 3.08. The molecular weight excluding hydrogens is 574 g/mol. The monoisotopic (exact) mass is 602 g/mol. The molecule has 0 unspecified atom stereocenters. The molecule has 0 saturated heterocycles. The van der Waals surface area contributed by atoms with Crippen molar-refractivity contribution < 1.29 is 47.1 Å². The Kier molecular flexibility index (Phi) is 13.4. The molecule has 6 aromatic rings. The van der Waals surface area contributed by atoms with Gasteiger partial charge in [-0.25, -0.2) is 19.7 Å². The molecule has 1 radical (unpaired) electrons. The summed E-state index contributed by atoms with van der Waals surface area (Å²) in [7, 11) is 0. The fourth-order valence-corrected chi connectivity index (χ4v) is 3.53. The quantitative estimate of drug-likeness (QED) is 0.173. The zero-order valence-corrected chi connectivity index (χ0v) is 21.8. The summed E-state index contributed by atoms with van der Waals surface area (Å²) in [6.45, 7) is 0. The molecule has 213 valence electrons. The number of carbonyl (C=O) groups excluding carboxylic acids is 2. The third-order valence-corrected chi connectivity index (χ3v) is 5.39. The fraction of sp³-hybridized carbons (Fsp3) is 0.0323. The molecule has 9 nitrogen and oxygen atoms in total. The van der Waals surface area contributed by atoms with Crippen LogP contribution in [0.3, 0.4) is 0 Å². The summed E-state index contributed by atoms with van der Waals surface area (Å²) < 4.78 is 0. The first-order valence-electron chi connectivity index (χ1n) is 11.5. The molecule has 0 atom stereocenters. The summed E-state index contributed by atoms with van der Waals surface area (Å²) in [5.74, 6) is -1.74. The number of benzene rings is 3. The summed E-state index contributed by atoms with van der Waals surface area (Å²) in [6, 6.07) is 32.9. The van der Waals surface area contributed by atoms with Crippen LogP contribution in [-0.2, 0) is 22.5 Å². The van der Waals surface area contributed by atoms with E-state index in [4.69, 9.17) is 10.2 Å². The van der Waals surface area contributed by atoms with Crippen LogP contribution < -0.4 is 0 Å². The Labute approximate surface area is 246 Å². The molecule has 10 heteroatoms. The van der Waals surface area contributed by atoms with Crippen LogP contribution in [0.2, 0.25) is 0 Å². The molecule has 0 aliphatic carbocycles. The second-order valence-electron chi connectivity index (χ2n) is 7.96. The predicted molar refractivity (Wildman–Crippen MR) is 157 cm³/mol. The number of hydrogen-bond donors (Lipinski definition) is 1. The Morgan fingerprint density at radius 3 is 1.44 bits per heavy atom. The molecule has 3 aromatic carbocycles. The molecule has 41 heavy (non-hydrogen) atoms. The van der Waals surface area contributed by atoms with Crippen LogP contribution in [0.5, 0.6) is 0 Å². The first-order chi connectivity index (χ1) is 18.4. The molecule has 3 aromatic heterocycles. The number of carboxylic acids is 1. The van der Waals surface area contributed by atoms with E-state index in [9.17, 15) is 14.4 Å². The van der Waals surface area contributed by atoms with E-state index in [1.807, 2.05) is 72.8 Å². The molecule has 0 amide bonds. The van der Waals surface area contributed by atoms with Gasteiger partial charge in [-0.2, -0.15) is 0 Å². The van der Waals surface area contributed by atoms with Crippen LogP contribution in [0.25, 0.3) is 32.7 Å². The van der Waals surface area contributed by atoms with E-state index in [2.05, 4.69) is 15.0 Å². The van der Waals surface area contributed by atoms with Crippen molar-refractivity contribution in [1.29, 1.82) is 0 Å². The van der Waals surface area contributed by atoms with Gasteiger partial charge in [-0.15, -0.1) is 0 Å². The van der Waals surface area contributed by atoms with E-state index in [0.29, 0.717) is 11.2 Å². The maximum atomic E-state index is 10.7. The maximum Gasteiger partial charge on any atom is 0.567 e. The number of pyridine rings is 3. The van der Waals surface area contributed by atoms with Gasteiger partial charge in [0.05, 0.1) is 16.6 Å². The summed E-state index contributed by atoms with van der Waals surface area (Å²) in [4.78, 5) is 43.8. The van der Waals surface area contributed by atoms with Crippen molar-refractivity contribution in [1.82, 2.24) is 15.0 Å². The number of carbonyl (C=O) groups is 3. The van der Waals surface area contributed by atoms with Crippen LogP contribution in [-0.4, -0.2) is 43.4 Å². The van der Waals surface area contributed by atoms with Gasteiger partial charge in [0.2, 0.25) is 5.69 Å². The van der Waals surface area contributed by atoms with Gasteiger partial charge in [-0.05, 0) is 36.4 Å². The molecule has 0 bridgehead atoms.